The molecule has 1 saturated heterocycles. The molecule has 0 radical (unpaired) electrons. The van der Waals surface area contributed by atoms with Gasteiger partial charge in [-0.25, -0.2) is 4.98 Å². The molecule has 6 nitrogen and oxygen atoms in total. The number of anilines is 1. The molecule has 0 spiro atoms. The van der Waals surface area contributed by atoms with Crippen molar-refractivity contribution in [3.8, 4) is 0 Å². The van der Waals surface area contributed by atoms with Crippen LogP contribution in [0.2, 0.25) is 0 Å². The Balaban J connectivity index is 1.75. The minimum atomic E-state index is -0.213. The number of ether oxygens (including phenoxy) is 2. The van der Waals surface area contributed by atoms with Gasteiger partial charge in [-0.3, -0.25) is 4.79 Å². The molecule has 138 valence electrons. The molecule has 26 heavy (non-hydrogen) atoms. The molecule has 1 aromatic carbocycles. The van der Waals surface area contributed by atoms with E-state index in [9.17, 15) is 4.79 Å². The third kappa shape index (κ3) is 4.20. The third-order valence-corrected chi connectivity index (χ3v) is 4.38. The summed E-state index contributed by atoms with van der Waals surface area (Å²) >= 11 is 0. The smallest absolute Gasteiger partial charge is 0.254 e. The van der Waals surface area contributed by atoms with E-state index in [0.717, 1.165) is 17.1 Å². The number of rotatable bonds is 5. The van der Waals surface area contributed by atoms with Crippen molar-refractivity contribution in [2.24, 2.45) is 0 Å². The fourth-order valence-corrected chi connectivity index (χ4v) is 3.02. The van der Waals surface area contributed by atoms with Crippen LogP contribution >= 0.6 is 0 Å². The average Bonchev–Trinajstić information content (AvgIpc) is 2.68. The SMILES string of the molecule is COCc1cccc(C(=O)N2CCO[C@@H](c3cccc(N(C)C)n3)C2)c1. The second kappa shape index (κ2) is 8.29. The Morgan fingerprint density at radius 3 is 2.88 bits per heavy atom. The summed E-state index contributed by atoms with van der Waals surface area (Å²) in [5, 5.41) is 0. The number of pyridine rings is 1. The van der Waals surface area contributed by atoms with Gasteiger partial charge in [0.15, 0.2) is 0 Å². The van der Waals surface area contributed by atoms with Crippen molar-refractivity contribution in [1.29, 1.82) is 0 Å². The van der Waals surface area contributed by atoms with Gasteiger partial charge in [-0.05, 0) is 29.8 Å². The molecule has 0 N–H and O–H groups in total. The number of methoxy groups -OCH3 is 1. The summed E-state index contributed by atoms with van der Waals surface area (Å²) in [6, 6.07) is 13.5. The summed E-state index contributed by atoms with van der Waals surface area (Å²) in [5.74, 6) is 0.891. The molecule has 1 amide bonds. The highest BCUT2D eigenvalue weighted by molar-refractivity contribution is 5.94. The standard InChI is InChI=1S/C20H25N3O3/c1-22(2)19-9-5-8-17(21-19)18-13-23(10-11-26-18)20(24)16-7-4-6-15(12-16)14-25-3/h4-9,12,18H,10-11,13-14H2,1-3H3/t18-/m1/s1. The largest absolute Gasteiger partial charge is 0.380 e. The number of carbonyl (C=O) groups excluding carboxylic acids is 1. The summed E-state index contributed by atoms with van der Waals surface area (Å²) in [7, 11) is 5.56. The van der Waals surface area contributed by atoms with E-state index in [1.807, 2.05) is 66.4 Å². The minimum absolute atomic E-state index is 0.0139. The molecular weight excluding hydrogens is 330 g/mol. The Morgan fingerprint density at radius 2 is 2.12 bits per heavy atom. The van der Waals surface area contributed by atoms with E-state index in [0.29, 0.717) is 31.9 Å². The monoisotopic (exact) mass is 355 g/mol. The second-order valence-electron chi connectivity index (χ2n) is 6.56. The first-order chi connectivity index (χ1) is 12.6. The van der Waals surface area contributed by atoms with Gasteiger partial charge in [0.25, 0.3) is 5.91 Å². The number of benzene rings is 1. The Bertz CT molecular complexity index is 763. The number of amides is 1. The number of hydrogen-bond donors (Lipinski definition) is 0. The Morgan fingerprint density at radius 1 is 1.31 bits per heavy atom. The fraction of sp³-hybridized carbons (Fsp3) is 0.400. The van der Waals surface area contributed by atoms with E-state index >= 15 is 0 Å². The minimum Gasteiger partial charge on any atom is -0.380 e. The molecule has 1 fully saturated rings. The summed E-state index contributed by atoms with van der Waals surface area (Å²) in [5.41, 5.74) is 2.51. The van der Waals surface area contributed by atoms with Crippen LogP contribution in [0, 0.1) is 0 Å². The molecule has 1 aliphatic rings. The van der Waals surface area contributed by atoms with Crippen LogP contribution < -0.4 is 4.90 Å². The van der Waals surface area contributed by atoms with Crippen LogP contribution in [0.3, 0.4) is 0 Å². The summed E-state index contributed by atoms with van der Waals surface area (Å²) < 4.78 is 11.0. The Hall–Kier alpha value is -2.44. The van der Waals surface area contributed by atoms with Gasteiger partial charge in [-0.1, -0.05) is 18.2 Å². The van der Waals surface area contributed by atoms with Crippen molar-refractivity contribution in [3.63, 3.8) is 0 Å². The van der Waals surface area contributed by atoms with E-state index in [4.69, 9.17) is 9.47 Å². The van der Waals surface area contributed by atoms with Crippen molar-refractivity contribution in [3.05, 3.63) is 59.3 Å². The van der Waals surface area contributed by atoms with Crippen LogP contribution in [0.4, 0.5) is 5.82 Å². The lowest BCUT2D eigenvalue weighted by Crippen LogP contribution is -2.42. The van der Waals surface area contributed by atoms with Gasteiger partial charge >= 0.3 is 0 Å². The molecule has 0 bridgehead atoms. The molecule has 1 aromatic heterocycles. The first-order valence-corrected chi connectivity index (χ1v) is 8.71. The second-order valence-corrected chi connectivity index (χ2v) is 6.56. The lowest BCUT2D eigenvalue weighted by atomic mass is 10.1. The van der Waals surface area contributed by atoms with Crippen molar-refractivity contribution >= 4 is 11.7 Å². The van der Waals surface area contributed by atoms with Crippen molar-refractivity contribution < 1.29 is 14.3 Å². The predicted octanol–water partition coefficient (Wildman–Crippen LogP) is 2.51. The highest BCUT2D eigenvalue weighted by Crippen LogP contribution is 2.23. The number of carbonyl (C=O) groups is 1. The molecule has 0 aliphatic carbocycles. The summed E-state index contributed by atoms with van der Waals surface area (Å²) in [4.78, 5) is 21.3. The van der Waals surface area contributed by atoms with Crippen LogP contribution in [0.25, 0.3) is 0 Å². The molecule has 2 heterocycles. The predicted molar refractivity (Wildman–Crippen MR) is 100 cm³/mol. The lowest BCUT2D eigenvalue weighted by molar-refractivity contribution is -0.0246. The number of nitrogens with zero attached hydrogens (tertiary/aromatic N) is 3. The maximum atomic E-state index is 12.9. The van der Waals surface area contributed by atoms with E-state index < -0.39 is 0 Å². The van der Waals surface area contributed by atoms with Gasteiger partial charge in [0, 0.05) is 33.3 Å². The average molecular weight is 355 g/mol. The Labute approximate surface area is 154 Å². The van der Waals surface area contributed by atoms with Crippen LogP contribution in [0.5, 0.6) is 0 Å². The van der Waals surface area contributed by atoms with Gasteiger partial charge in [0.1, 0.15) is 11.9 Å². The van der Waals surface area contributed by atoms with Gasteiger partial charge < -0.3 is 19.3 Å². The van der Waals surface area contributed by atoms with Crippen LogP contribution in [0.15, 0.2) is 42.5 Å². The van der Waals surface area contributed by atoms with E-state index in [2.05, 4.69) is 4.98 Å². The Kier molecular flexibility index (Phi) is 5.85. The number of morpholine rings is 1. The van der Waals surface area contributed by atoms with Crippen LogP contribution in [0.1, 0.15) is 27.7 Å². The van der Waals surface area contributed by atoms with E-state index in [1.165, 1.54) is 0 Å². The highest BCUT2D eigenvalue weighted by atomic mass is 16.5. The molecular formula is C20H25N3O3. The fourth-order valence-electron chi connectivity index (χ4n) is 3.02. The first-order valence-electron chi connectivity index (χ1n) is 8.71. The molecule has 1 atom stereocenters. The molecule has 0 unspecified atom stereocenters. The molecule has 2 aromatic rings. The lowest BCUT2D eigenvalue weighted by Gasteiger charge is -2.33. The van der Waals surface area contributed by atoms with Gasteiger partial charge in [-0.2, -0.15) is 0 Å². The zero-order chi connectivity index (χ0) is 18.5. The summed E-state index contributed by atoms with van der Waals surface area (Å²) in [6.07, 6.45) is -0.213. The van der Waals surface area contributed by atoms with Crippen LogP contribution in [-0.4, -0.2) is 56.7 Å². The van der Waals surface area contributed by atoms with Crippen molar-refractivity contribution in [2.45, 2.75) is 12.7 Å². The third-order valence-electron chi connectivity index (χ3n) is 4.38. The maximum absolute atomic E-state index is 12.9. The highest BCUT2D eigenvalue weighted by Gasteiger charge is 2.27. The van der Waals surface area contributed by atoms with Crippen LogP contribution in [-0.2, 0) is 16.1 Å². The van der Waals surface area contributed by atoms with Gasteiger partial charge in [0.2, 0.25) is 0 Å². The number of hydrogen-bond acceptors (Lipinski definition) is 5. The maximum Gasteiger partial charge on any atom is 0.254 e. The topological polar surface area (TPSA) is 54.9 Å². The zero-order valence-corrected chi connectivity index (χ0v) is 15.5. The van der Waals surface area contributed by atoms with Gasteiger partial charge in [-0.15, -0.1) is 0 Å². The molecule has 1 aliphatic heterocycles. The van der Waals surface area contributed by atoms with E-state index in [1.54, 1.807) is 7.11 Å². The molecule has 0 saturated carbocycles. The van der Waals surface area contributed by atoms with Gasteiger partial charge in [0.05, 0.1) is 25.5 Å². The van der Waals surface area contributed by atoms with Crippen molar-refractivity contribution in [2.75, 3.05) is 45.8 Å². The quantitative estimate of drug-likeness (QED) is 0.825. The normalized spacial score (nSPS) is 17.2. The molecule has 3 rings (SSSR count). The van der Waals surface area contributed by atoms with E-state index in [-0.39, 0.29) is 12.0 Å². The number of aromatic nitrogens is 1. The summed E-state index contributed by atoms with van der Waals surface area (Å²) in [6.45, 7) is 2.07. The van der Waals surface area contributed by atoms with Crippen molar-refractivity contribution in [1.82, 2.24) is 9.88 Å². The zero-order valence-electron chi connectivity index (χ0n) is 15.5. The molecule has 6 heteroatoms. The first kappa shape index (κ1) is 18.4.